The number of ether oxygens (including phenoxy) is 1. The molecule has 0 unspecified atom stereocenters. The molecule has 0 fully saturated rings. The van der Waals surface area contributed by atoms with Crippen molar-refractivity contribution in [2.45, 2.75) is 33.6 Å². The summed E-state index contributed by atoms with van der Waals surface area (Å²) >= 11 is 0. The number of carboxylic acid groups (broad SMARTS) is 1. The minimum atomic E-state index is -0.905. The molecule has 0 amide bonds. The fourth-order valence-corrected chi connectivity index (χ4v) is 1.87. The molecule has 94 valence electrons. The number of nitrogens with one attached hydrogen (secondary N) is 1. The Hall–Kier alpha value is -1.78. The van der Waals surface area contributed by atoms with Gasteiger partial charge in [0.05, 0.1) is 19.4 Å². The monoisotopic (exact) mass is 239 g/mol. The summed E-state index contributed by atoms with van der Waals surface area (Å²) < 4.78 is 4.87. The molecule has 2 N–H and O–H groups in total. The lowest BCUT2D eigenvalue weighted by Gasteiger charge is -2.04. The largest absolute Gasteiger partial charge is 0.481 e. The van der Waals surface area contributed by atoms with Gasteiger partial charge in [0.2, 0.25) is 0 Å². The van der Waals surface area contributed by atoms with Crippen molar-refractivity contribution in [2.75, 3.05) is 6.61 Å². The van der Waals surface area contributed by atoms with Crippen LogP contribution < -0.4 is 0 Å². The molecule has 1 aromatic heterocycles. The first kappa shape index (κ1) is 13.3. The molecule has 0 saturated heterocycles. The summed E-state index contributed by atoms with van der Waals surface area (Å²) in [5.74, 6) is -1.24. The molecule has 1 aromatic rings. The predicted octanol–water partition coefficient (Wildman–Crippen LogP) is 1.36. The Morgan fingerprint density at radius 1 is 1.18 bits per heavy atom. The van der Waals surface area contributed by atoms with Crippen LogP contribution in [0.4, 0.5) is 0 Å². The SMILES string of the molecule is CCOC(=O)Cc1c(C)[nH]c(C)c1CC(=O)O. The van der Waals surface area contributed by atoms with Crippen LogP contribution in [0.15, 0.2) is 0 Å². The van der Waals surface area contributed by atoms with E-state index in [-0.39, 0.29) is 18.8 Å². The van der Waals surface area contributed by atoms with Crippen LogP contribution in [-0.2, 0) is 27.2 Å². The Balaban J connectivity index is 2.96. The van der Waals surface area contributed by atoms with E-state index in [2.05, 4.69) is 4.98 Å². The van der Waals surface area contributed by atoms with Gasteiger partial charge in [0.15, 0.2) is 0 Å². The molecule has 17 heavy (non-hydrogen) atoms. The van der Waals surface area contributed by atoms with Crippen molar-refractivity contribution >= 4 is 11.9 Å². The van der Waals surface area contributed by atoms with E-state index in [4.69, 9.17) is 9.84 Å². The number of H-pyrrole nitrogens is 1. The minimum absolute atomic E-state index is 0.0785. The van der Waals surface area contributed by atoms with Gasteiger partial charge in [-0.1, -0.05) is 0 Å². The molecule has 0 radical (unpaired) electrons. The van der Waals surface area contributed by atoms with Crippen molar-refractivity contribution in [3.05, 3.63) is 22.5 Å². The van der Waals surface area contributed by atoms with Crippen LogP contribution in [0.2, 0.25) is 0 Å². The molecule has 0 aromatic carbocycles. The van der Waals surface area contributed by atoms with Crippen molar-refractivity contribution in [2.24, 2.45) is 0 Å². The van der Waals surface area contributed by atoms with E-state index in [9.17, 15) is 9.59 Å². The van der Waals surface area contributed by atoms with Gasteiger partial charge in [0.1, 0.15) is 0 Å². The number of hydrogen-bond acceptors (Lipinski definition) is 3. The Kier molecular flexibility index (Phi) is 4.31. The van der Waals surface area contributed by atoms with E-state index in [0.29, 0.717) is 12.2 Å². The zero-order chi connectivity index (χ0) is 13.0. The molecular weight excluding hydrogens is 222 g/mol. The summed E-state index contributed by atoms with van der Waals surface area (Å²) in [6.45, 7) is 5.70. The number of aromatic amines is 1. The molecule has 0 bridgehead atoms. The van der Waals surface area contributed by atoms with Gasteiger partial charge >= 0.3 is 11.9 Å². The maximum atomic E-state index is 11.4. The summed E-state index contributed by atoms with van der Waals surface area (Å²) in [6.07, 6.45) is 0.0392. The Morgan fingerprint density at radius 2 is 1.71 bits per heavy atom. The number of aryl methyl sites for hydroxylation is 2. The highest BCUT2D eigenvalue weighted by molar-refractivity contribution is 5.76. The average Bonchev–Trinajstić information content (AvgIpc) is 2.45. The number of hydrogen-bond donors (Lipinski definition) is 2. The standard InChI is InChI=1S/C12H17NO4/c1-4-17-12(16)6-10-8(3)13-7(2)9(10)5-11(14)15/h13H,4-6H2,1-3H3,(H,14,15). The van der Waals surface area contributed by atoms with Crippen molar-refractivity contribution in [3.8, 4) is 0 Å². The Labute approximate surface area is 99.8 Å². The van der Waals surface area contributed by atoms with E-state index in [1.807, 2.05) is 6.92 Å². The van der Waals surface area contributed by atoms with Crippen molar-refractivity contribution < 1.29 is 19.4 Å². The van der Waals surface area contributed by atoms with Gasteiger partial charge in [0.25, 0.3) is 0 Å². The van der Waals surface area contributed by atoms with Crippen molar-refractivity contribution in [1.82, 2.24) is 4.98 Å². The predicted molar refractivity (Wildman–Crippen MR) is 61.9 cm³/mol. The molecule has 0 aliphatic heterocycles. The first-order valence-corrected chi connectivity index (χ1v) is 5.50. The van der Waals surface area contributed by atoms with Gasteiger partial charge < -0.3 is 14.8 Å². The lowest BCUT2D eigenvalue weighted by atomic mass is 10.0. The molecule has 1 rings (SSSR count). The molecule has 0 saturated carbocycles. The zero-order valence-corrected chi connectivity index (χ0v) is 10.3. The average molecular weight is 239 g/mol. The fourth-order valence-electron chi connectivity index (χ4n) is 1.87. The molecule has 1 heterocycles. The van der Waals surface area contributed by atoms with E-state index in [1.165, 1.54) is 0 Å². The third-order valence-electron chi connectivity index (χ3n) is 2.60. The minimum Gasteiger partial charge on any atom is -0.481 e. The number of aliphatic carboxylic acids is 1. The fraction of sp³-hybridized carbons (Fsp3) is 0.500. The van der Waals surface area contributed by atoms with Crippen molar-refractivity contribution in [3.63, 3.8) is 0 Å². The van der Waals surface area contributed by atoms with Gasteiger partial charge in [-0.25, -0.2) is 0 Å². The van der Waals surface area contributed by atoms with Gasteiger partial charge in [0, 0.05) is 11.4 Å². The third-order valence-corrected chi connectivity index (χ3v) is 2.60. The summed E-state index contributed by atoms with van der Waals surface area (Å²) in [4.78, 5) is 25.3. The number of aromatic nitrogens is 1. The summed E-state index contributed by atoms with van der Waals surface area (Å²) in [6, 6.07) is 0. The number of carboxylic acids is 1. The van der Waals surface area contributed by atoms with Gasteiger partial charge in [-0.05, 0) is 31.9 Å². The Morgan fingerprint density at radius 3 is 2.18 bits per heavy atom. The highest BCUT2D eigenvalue weighted by Crippen LogP contribution is 2.20. The van der Waals surface area contributed by atoms with Crippen LogP contribution >= 0.6 is 0 Å². The number of carbonyl (C=O) groups excluding carboxylic acids is 1. The number of rotatable bonds is 5. The van der Waals surface area contributed by atoms with Crippen LogP contribution in [0, 0.1) is 13.8 Å². The van der Waals surface area contributed by atoms with Crippen LogP contribution in [0.3, 0.4) is 0 Å². The van der Waals surface area contributed by atoms with Crippen molar-refractivity contribution in [1.29, 1.82) is 0 Å². The highest BCUT2D eigenvalue weighted by atomic mass is 16.5. The molecular formula is C12H17NO4. The van der Waals surface area contributed by atoms with Gasteiger partial charge in [-0.2, -0.15) is 0 Å². The summed E-state index contributed by atoms with van der Waals surface area (Å²) in [7, 11) is 0. The molecule has 0 aliphatic carbocycles. The first-order chi connectivity index (χ1) is 7.95. The quantitative estimate of drug-likeness (QED) is 0.760. The van der Waals surface area contributed by atoms with E-state index in [1.54, 1.807) is 13.8 Å². The van der Waals surface area contributed by atoms with E-state index < -0.39 is 5.97 Å². The highest BCUT2D eigenvalue weighted by Gasteiger charge is 2.18. The van der Waals surface area contributed by atoms with Crippen LogP contribution in [0.5, 0.6) is 0 Å². The van der Waals surface area contributed by atoms with Crippen LogP contribution in [0.1, 0.15) is 29.4 Å². The maximum Gasteiger partial charge on any atom is 0.310 e. The van der Waals surface area contributed by atoms with E-state index in [0.717, 1.165) is 17.0 Å². The van der Waals surface area contributed by atoms with Gasteiger partial charge in [-0.3, -0.25) is 9.59 Å². The molecule has 0 aliphatic rings. The third kappa shape index (κ3) is 3.34. The smallest absolute Gasteiger partial charge is 0.310 e. The summed E-state index contributed by atoms with van der Waals surface area (Å²) in [5.41, 5.74) is 3.04. The lowest BCUT2D eigenvalue weighted by molar-refractivity contribution is -0.142. The molecule has 0 spiro atoms. The second-order valence-corrected chi connectivity index (χ2v) is 3.88. The topological polar surface area (TPSA) is 79.4 Å². The molecule has 5 heteroatoms. The molecule has 5 nitrogen and oxygen atoms in total. The second kappa shape index (κ2) is 5.52. The zero-order valence-electron chi connectivity index (χ0n) is 10.3. The first-order valence-electron chi connectivity index (χ1n) is 5.50. The maximum absolute atomic E-state index is 11.4. The lowest BCUT2D eigenvalue weighted by Crippen LogP contribution is -2.11. The Bertz CT molecular complexity index is 434. The normalized spacial score (nSPS) is 10.3. The van der Waals surface area contributed by atoms with Crippen LogP contribution in [-0.4, -0.2) is 28.6 Å². The van der Waals surface area contributed by atoms with Crippen LogP contribution in [0.25, 0.3) is 0 Å². The van der Waals surface area contributed by atoms with Gasteiger partial charge in [-0.15, -0.1) is 0 Å². The number of carbonyl (C=O) groups is 2. The molecule has 0 atom stereocenters. The summed E-state index contributed by atoms with van der Waals surface area (Å²) in [5, 5.41) is 8.83. The van der Waals surface area contributed by atoms with E-state index >= 15 is 0 Å². The number of esters is 1. The second-order valence-electron chi connectivity index (χ2n) is 3.88.